The van der Waals surface area contributed by atoms with Crippen molar-refractivity contribution in [1.29, 1.82) is 0 Å². The van der Waals surface area contributed by atoms with Crippen LogP contribution in [0, 0.1) is 5.92 Å². The van der Waals surface area contributed by atoms with Crippen molar-refractivity contribution in [2.75, 3.05) is 13.1 Å². The summed E-state index contributed by atoms with van der Waals surface area (Å²) in [6.07, 6.45) is 3.90. The molecule has 1 rings (SSSR count). The standard InChI is InChI=1S/C14H30N2/c1-6-13(7-2)16-10-9-14(15-8-3)11(4)12(16)5/h11-15H,6-10H2,1-5H3. The quantitative estimate of drug-likeness (QED) is 0.775. The van der Waals surface area contributed by atoms with Gasteiger partial charge in [-0.2, -0.15) is 0 Å². The van der Waals surface area contributed by atoms with Crippen molar-refractivity contribution in [1.82, 2.24) is 10.2 Å². The van der Waals surface area contributed by atoms with Gasteiger partial charge in [0, 0.05) is 24.7 Å². The van der Waals surface area contributed by atoms with E-state index in [1.807, 2.05) is 0 Å². The van der Waals surface area contributed by atoms with Gasteiger partial charge in [0.2, 0.25) is 0 Å². The van der Waals surface area contributed by atoms with E-state index in [1.54, 1.807) is 0 Å². The van der Waals surface area contributed by atoms with E-state index in [2.05, 4.69) is 44.8 Å². The smallest absolute Gasteiger partial charge is 0.0120 e. The Morgan fingerprint density at radius 2 is 1.81 bits per heavy atom. The molecule has 1 aliphatic rings. The number of rotatable bonds is 5. The highest BCUT2D eigenvalue weighted by molar-refractivity contribution is 4.90. The van der Waals surface area contributed by atoms with Gasteiger partial charge in [-0.25, -0.2) is 0 Å². The molecule has 2 nitrogen and oxygen atoms in total. The van der Waals surface area contributed by atoms with Crippen LogP contribution in [0.15, 0.2) is 0 Å². The van der Waals surface area contributed by atoms with Crippen molar-refractivity contribution in [3.05, 3.63) is 0 Å². The fourth-order valence-corrected chi connectivity index (χ4v) is 3.22. The minimum atomic E-state index is 0.725. The Labute approximate surface area is 102 Å². The second-order valence-electron chi connectivity index (χ2n) is 5.26. The lowest BCUT2D eigenvalue weighted by Gasteiger charge is -2.46. The van der Waals surface area contributed by atoms with Crippen molar-refractivity contribution >= 4 is 0 Å². The molecule has 1 N–H and O–H groups in total. The van der Waals surface area contributed by atoms with Crippen LogP contribution in [-0.2, 0) is 0 Å². The SMILES string of the molecule is CCNC1CCN(C(CC)CC)C(C)C1C. The van der Waals surface area contributed by atoms with Crippen LogP contribution >= 0.6 is 0 Å². The molecule has 1 aliphatic heterocycles. The fourth-order valence-electron chi connectivity index (χ4n) is 3.22. The molecule has 0 bridgehead atoms. The van der Waals surface area contributed by atoms with E-state index in [1.165, 1.54) is 25.8 Å². The van der Waals surface area contributed by atoms with E-state index in [0.717, 1.165) is 30.6 Å². The molecule has 1 saturated heterocycles. The predicted molar refractivity (Wildman–Crippen MR) is 71.8 cm³/mol. The summed E-state index contributed by atoms with van der Waals surface area (Å²) in [4.78, 5) is 2.73. The van der Waals surface area contributed by atoms with Gasteiger partial charge in [-0.3, -0.25) is 4.90 Å². The van der Waals surface area contributed by atoms with Crippen molar-refractivity contribution in [2.45, 2.75) is 72.0 Å². The second-order valence-corrected chi connectivity index (χ2v) is 5.26. The molecule has 1 fully saturated rings. The zero-order chi connectivity index (χ0) is 12.1. The van der Waals surface area contributed by atoms with E-state index >= 15 is 0 Å². The number of nitrogens with one attached hydrogen (secondary N) is 1. The maximum atomic E-state index is 3.63. The van der Waals surface area contributed by atoms with E-state index in [0.29, 0.717) is 0 Å². The highest BCUT2D eigenvalue weighted by Crippen LogP contribution is 2.27. The van der Waals surface area contributed by atoms with Gasteiger partial charge in [0.05, 0.1) is 0 Å². The minimum Gasteiger partial charge on any atom is -0.314 e. The second kappa shape index (κ2) is 6.61. The van der Waals surface area contributed by atoms with Crippen LogP contribution < -0.4 is 5.32 Å². The summed E-state index contributed by atoms with van der Waals surface area (Å²) in [6, 6.07) is 2.24. The van der Waals surface area contributed by atoms with Crippen LogP contribution in [-0.4, -0.2) is 36.1 Å². The summed E-state index contributed by atoms with van der Waals surface area (Å²) >= 11 is 0. The highest BCUT2D eigenvalue weighted by atomic mass is 15.2. The van der Waals surface area contributed by atoms with Gasteiger partial charge >= 0.3 is 0 Å². The van der Waals surface area contributed by atoms with Crippen molar-refractivity contribution in [2.24, 2.45) is 5.92 Å². The Balaban J connectivity index is 2.59. The fraction of sp³-hybridized carbons (Fsp3) is 1.00. The lowest BCUT2D eigenvalue weighted by atomic mass is 9.85. The molecule has 2 heteroatoms. The van der Waals surface area contributed by atoms with E-state index in [9.17, 15) is 0 Å². The molecule has 0 aliphatic carbocycles. The van der Waals surface area contributed by atoms with E-state index in [-0.39, 0.29) is 0 Å². The Kier molecular flexibility index (Phi) is 5.77. The highest BCUT2D eigenvalue weighted by Gasteiger charge is 2.34. The molecule has 0 aromatic carbocycles. The average Bonchev–Trinajstić information content (AvgIpc) is 2.29. The zero-order valence-corrected chi connectivity index (χ0v) is 11.8. The molecule has 1 heterocycles. The molecule has 0 aromatic rings. The molecule has 3 atom stereocenters. The van der Waals surface area contributed by atoms with Crippen LogP contribution in [0.1, 0.15) is 53.9 Å². The lowest BCUT2D eigenvalue weighted by Crippen LogP contribution is -2.56. The summed E-state index contributed by atoms with van der Waals surface area (Å²) in [5.41, 5.74) is 0. The summed E-state index contributed by atoms with van der Waals surface area (Å²) in [5, 5.41) is 3.63. The van der Waals surface area contributed by atoms with Gasteiger partial charge in [-0.05, 0) is 38.6 Å². The molecule has 0 aromatic heterocycles. The normalized spacial score (nSPS) is 32.2. The van der Waals surface area contributed by atoms with Crippen LogP contribution in [0.2, 0.25) is 0 Å². The Hall–Kier alpha value is -0.0800. The summed E-state index contributed by atoms with van der Waals surface area (Å²) < 4.78 is 0. The summed E-state index contributed by atoms with van der Waals surface area (Å²) in [5.74, 6) is 0.772. The Morgan fingerprint density at radius 3 is 2.31 bits per heavy atom. The third kappa shape index (κ3) is 2.98. The topological polar surface area (TPSA) is 15.3 Å². The molecule has 0 saturated carbocycles. The van der Waals surface area contributed by atoms with Crippen LogP contribution in [0.5, 0.6) is 0 Å². The van der Waals surface area contributed by atoms with E-state index < -0.39 is 0 Å². The van der Waals surface area contributed by atoms with Crippen molar-refractivity contribution in [3.63, 3.8) is 0 Å². The Morgan fingerprint density at radius 1 is 1.19 bits per heavy atom. The first-order chi connectivity index (χ1) is 7.65. The third-order valence-electron chi connectivity index (χ3n) is 4.49. The molecule has 0 spiro atoms. The monoisotopic (exact) mass is 226 g/mol. The van der Waals surface area contributed by atoms with Gasteiger partial charge in [0.15, 0.2) is 0 Å². The molecule has 96 valence electrons. The number of hydrogen-bond acceptors (Lipinski definition) is 2. The Bertz CT molecular complexity index is 189. The number of likely N-dealkylation sites (tertiary alicyclic amines) is 1. The van der Waals surface area contributed by atoms with Gasteiger partial charge in [0.1, 0.15) is 0 Å². The molecular formula is C14H30N2. The number of hydrogen-bond donors (Lipinski definition) is 1. The zero-order valence-electron chi connectivity index (χ0n) is 11.8. The van der Waals surface area contributed by atoms with Crippen LogP contribution in [0.3, 0.4) is 0 Å². The maximum Gasteiger partial charge on any atom is 0.0120 e. The number of nitrogens with zero attached hydrogens (tertiary/aromatic N) is 1. The first-order valence-corrected chi connectivity index (χ1v) is 7.14. The minimum absolute atomic E-state index is 0.725. The molecule has 3 unspecified atom stereocenters. The van der Waals surface area contributed by atoms with Gasteiger partial charge < -0.3 is 5.32 Å². The molecular weight excluding hydrogens is 196 g/mol. The number of piperidine rings is 1. The van der Waals surface area contributed by atoms with Crippen molar-refractivity contribution < 1.29 is 0 Å². The first kappa shape index (κ1) is 14.0. The van der Waals surface area contributed by atoms with Crippen molar-refractivity contribution in [3.8, 4) is 0 Å². The van der Waals surface area contributed by atoms with Gasteiger partial charge in [0.25, 0.3) is 0 Å². The molecule has 0 amide bonds. The third-order valence-corrected chi connectivity index (χ3v) is 4.49. The van der Waals surface area contributed by atoms with Crippen LogP contribution in [0.4, 0.5) is 0 Å². The molecule has 0 radical (unpaired) electrons. The average molecular weight is 226 g/mol. The first-order valence-electron chi connectivity index (χ1n) is 7.14. The van der Waals surface area contributed by atoms with Gasteiger partial charge in [-0.1, -0.05) is 27.7 Å². The summed E-state index contributed by atoms with van der Waals surface area (Å²) in [6.45, 7) is 14.1. The lowest BCUT2D eigenvalue weighted by molar-refractivity contribution is 0.0438. The maximum absolute atomic E-state index is 3.63. The summed E-state index contributed by atoms with van der Waals surface area (Å²) in [7, 11) is 0. The largest absolute Gasteiger partial charge is 0.314 e. The van der Waals surface area contributed by atoms with E-state index in [4.69, 9.17) is 0 Å². The molecule has 16 heavy (non-hydrogen) atoms. The predicted octanol–water partition coefficient (Wildman–Crippen LogP) is 2.88. The van der Waals surface area contributed by atoms with Gasteiger partial charge in [-0.15, -0.1) is 0 Å². The van der Waals surface area contributed by atoms with Crippen LogP contribution in [0.25, 0.3) is 0 Å².